The summed E-state index contributed by atoms with van der Waals surface area (Å²) in [6.45, 7) is 0.974. The number of carbonyl (C=O) groups excluding carboxylic acids is 1. The molecule has 1 aromatic rings. The Labute approximate surface area is 121 Å². The first-order chi connectivity index (χ1) is 9.47. The fraction of sp³-hybridized carbons (Fsp3) is 0.429. The molecule has 20 heavy (non-hydrogen) atoms. The zero-order valence-electron chi connectivity index (χ0n) is 10.8. The Morgan fingerprint density at radius 1 is 1.45 bits per heavy atom. The molecular formula is C14H15ClFNO3. The quantitative estimate of drug-likeness (QED) is 0.933. The van der Waals surface area contributed by atoms with E-state index in [0.29, 0.717) is 13.1 Å². The predicted molar refractivity (Wildman–Crippen MR) is 72.3 cm³/mol. The van der Waals surface area contributed by atoms with E-state index < -0.39 is 11.8 Å². The van der Waals surface area contributed by atoms with E-state index in [2.05, 4.69) is 0 Å². The normalized spacial score (nSPS) is 18.9. The molecule has 4 nitrogen and oxygen atoms in total. The van der Waals surface area contributed by atoms with Crippen molar-refractivity contribution in [3.63, 3.8) is 0 Å². The Kier molecular flexibility index (Phi) is 4.60. The maximum Gasteiger partial charge on any atom is 0.303 e. The zero-order valence-corrected chi connectivity index (χ0v) is 11.6. The first kappa shape index (κ1) is 14.8. The average molecular weight is 300 g/mol. The second kappa shape index (κ2) is 6.22. The standard InChI is InChI=1S/C14H15ClFNO3/c15-12-7-10(16)3-4-11(12)14(20)17-5-1-2-9(8-17)6-13(18)19/h3-4,7,9H,1-2,5-6,8H2,(H,18,19). The fourth-order valence-corrected chi connectivity index (χ4v) is 2.74. The Bertz CT molecular complexity index is 535. The maximum atomic E-state index is 13.0. The number of rotatable bonds is 3. The van der Waals surface area contributed by atoms with Gasteiger partial charge in [0.2, 0.25) is 0 Å². The van der Waals surface area contributed by atoms with Gasteiger partial charge in [0.1, 0.15) is 5.82 Å². The van der Waals surface area contributed by atoms with E-state index in [0.717, 1.165) is 18.9 Å². The van der Waals surface area contributed by atoms with Gasteiger partial charge in [-0.3, -0.25) is 9.59 Å². The number of piperidine rings is 1. The molecule has 108 valence electrons. The van der Waals surface area contributed by atoms with E-state index in [1.807, 2.05) is 0 Å². The number of hydrogen-bond acceptors (Lipinski definition) is 2. The van der Waals surface area contributed by atoms with Crippen LogP contribution >= 0.6 is 11.6 Å². The van der Waals surface area contributed by atoms with Gasteiger partial charge in [0, 0.05) is 19.5 Å². The lowest BCUT2D eigenvalue weighted by Crippen LogP contribution is -2.40. The van der Waals surface area contributed by atoms with E-state index in [-0.39, 0.29) is 28.8 Å². The molecule has 0 aromatic heterocycles. The van der Waals surface area contributed by atoms with Crippen LogP contribution in [-0.4, -0.2) is 35.0 Å². The number of nitrogens with zero attached hydrogens (tertiary/aromatic N) is 1. The summed E-state index contributed by atoms with van der Waals surface area (Å²) >= 11 is 5.88. The van der Waals surface area contributed by atoms with Crippen LogP contribution in [0.25, 0.3) is 0 Å². The van der Waals surface area contributed by atoms with Crippen LogP contribution < -0.4 is 0 Å². The lowest BCUT2D eigenvalue weighted by atomic mass is 9.94. The Morgan fingerprint density at radius 3 is 2.85 bits per heavy atom. The van der Waals surface area contributed by atoms with Crippen molar-refractivity contribution in [1.82, 2.24) is 4.90 Å². The minimum Gasteiger partial charge on any atom is -0.481 e. The van der Waals surface area contributed by atoms with Gasteiger partial charge >= 0.3 is 5.97 Å². The number of halogens is 2. The SMILES string of the molecule is O=C(O)CC1CCCN(C(=O)c2ccc(F)cc2Cl)C1. The van der Waals surface area contributed by atoms with Crippen LogP contribution in [0.3, 0.4) is 0 Å². The fourth-order valence-electron chi connectivity index (χ4n) is 2.50. The molecule has 1 heterocycles. The van der Waals surface area contributed by atoms with Crippen LogP contribution in [0.15, 0.2) is 18.2 Å². The highest BCUT2D eigenvalue weighted by Gasteiger charge is 2.26. The summed E-state index contributed by atoms with van der Waals surface area (Å²) in [4.78, 5) is 24.7. The van der Waals surface area contributed by atoms with Crippen LogP contribution in [-0.2, 0) is 4.79 Å². The largest absolute Gasteiger partial charge is 0.481 e. The minimum atomic E-state index is -0.857. The van der Waals surface area contributed by atoms with Gasteiger partial charge in [0.15, 0.2) is 0 Å². The highest BCUT2D eigenvalue weighted by Crippen LogP contribution is 2.24. The third-order valence-corrected chi connectivity index (χ3v) is 3.74. The van der Waals surface area contributed by atoms with Crippen molar-refractivity contribution in [2.24, 2.45) is 5.92 Å². The summed E-state index contributed by atoms with van der Waals surface area (Å²) in [5.41, 5.74) is 0.254. The summed E-state index contributed by atoms with van der Waals surface area (Å²) in [7, 11) is 0. The van der Waals surface area contributed by atoms with Crippen molar-refractivity contribution >= 4 is 23.5 Å². The molecule has 0 saturated carbocycles. The highest BCUT2D eigenvalue weighted by molar-refractivity contribution is 6.33. The number of amides is 1. The molecule has 1 atom stereocenters. The van der Waals surface area contributed by atoms with Gasteiger partial charge in [-0.25, -0.2) is 4.39 Å². The molecule has 1 unspecified atom stereocenters. The molecule has 1 saturated heterocycles. The van der Waals surface area contributed by atoms with Crippen LogP contribution in [0.1, 0.15) is 29.6 Å². The Morgan fingerprint density at radius 2 is 2.20 bits per heavy atom. The summed E-state index contributed by atoms with van der Waals surface area (Å²) in [6, 6.07) is 3.66. The Balaban J connectivity index is 2.10. The number of benzene rings is 1. The summed E-state index contributed by atoms with van der Waals surface area (Å²) in [5.74, 6) is -1.66. The first-order valence-corrected chi connectivity index (χ1v) is 6.81. The third kappa shape index (κ3) is 3.48. The van der Waals surface area contributed by atoms with Gasteiger partial charge in [-0.05, 0) is 37.0 Å². The van der Waals surface area contributed by atoms with Crippen LogP contribution in [0.4, 0.5) is 4.39 Å². The van der Waals surface area contributed by atoms with Crippen LogP contribution in [0.5, 0.6) is 0 Å². The molecule has 0 aliphatic carbocycles. The zero-order chi connectivity index (χ0) is 14.7. The highest BCUT2D eigenvalue weighted by atomic mass is 35.5. The van der Waals surface area contributed by atoms with Gasteiger partial charge in [-0.1, -0.05) is 11.6 Å². The lowest BCUT2D eigenvalue weighted by Gasteiger charge is -2.32. The van der Waals surface area contributed by atoms with Gasteiger partial charge in [-0.15, -0.1) is 0 Å². The first-order valence-electron chi connectivity index (χ1n) is 6.43. The van der Waals surface area contributed by atoms with Crippen LogP contribution in [0.2, 0.25) is 5.02 Å². The minimum absolute atomic E-state index is 0.0376. The number of likely N-dealkylation sites (tertiary alicyclic amines) is 1. The molecule has 1 fully saturated rings. The van der Waals surface area contributed by atoms with E-state index in [1.165, 1.54) is 12.1 Å². The smallest absolute Gasteiger partial charge is 0.303 e. The van der Waals surface area contributed by atoms with E-state index in [4.69, 9.17) is 16.7 Å². The predicted octanol–water partition coefficient (Wildman–Crippen LogP) is 2.81. The van der Waals surface area contributed by atoms with Crippen molar-refractivity contribution in [1.29, 1.82) is 0 Å². The number of carbonyl (C=O) groups is 2. The van der Waals surface area contributed by atoms with Crippen molar-refractivity contribution < 1.29 is 19.1 Å². The number of hydrogen-bond donors (Lipinski definition) is 1. The Hall–Kier alpha value is -1.62. The molecule has 0 spiro atoms. The monoisotopic (exact) mass is 299 g/mol. The van der Waals surface area contributed by atoms with Gasteiger partial charge in [0.25, 0.3) is 5.91 Å². The van der Waals surface area contributed by atoms with Crippen molar-refractivity contribution in [3.8, 4) is 0 Å². The molecule has 0 radical (unpaired) electrons. The molecular weight excluding hydrogens is 285 g/mol. The van der Waals surface area contributed by atoms with E-state index in [1.54, 1.807) is 4.90 Å². The summed E-state index contributed by atoms with van der Waals surface area (Å²) in [6.07, 6.45) is 1.62. The number of aliphatic carboxylic acids is 1. The van der Waals surface area contributed by atoms with Gasteiger partial charge in [0.05, 0.1) is 10.6 Å². The van der Waals surface area contributed by atoms with Crippen molar-refractivity contribution in [2.45, 2.75) is 19.3 Å². The summed E-state index contributed by atoms with van der Waals surface area (Å²) in [5, 5.41) is 8.90. The molecule has 1 amide bonds. The molecule has 1 aliphatic rings. The van der Waals surface area contributed by atoms with Crippen molar-refractivity contribution in [2.75, 3.05) is 13.1 Å². The molecule has 1 N–H and O–H groups in total. The van der Waals surface area contributed by atoms with Crippen molar-refractivity contribution in [3.05, 3.63) is 34.6 Å². The summed E-state index contributed by atoms with van der Waals surface area (Å²) < 4.78 is 13.0. The van der Waals surface area contributed by atoms with E-state index >= 15 is 0 Å². The molecule has 1 aromatic carbocycles. The number of carboxylic acid groups (broad SMARTS) is 1. The maximum absolute atomic E-state index is 13.0. The van der Waals surface area contributed by atoms with Crippen LogP contribution in [0, 0.1) is 11.7 Å². The van der Waals surface area contributed by atoms with Gasteiger partial charge in [-0.2, -0.15) is 0 Å². The molecule has 2 rings (SSSR count). The van der Waals surface area contributed by atoms with E-state index in [9.17, 15) is 14.0 Å². The van der Waals surface area contributed by atoms with Gasteiger partial charge < -0.3 is 10.0 Å². The molecule has 0 bridgehead atoms. The average Bonchev–Trinajstić information content (AvgIpc) is 2.37. The second-order valence-corrected chi connectivity index (χ2v) is 5.39. The molecule has 6 heteroatoms. The second-order valence-electron chi connectivity index (χ2n) is 4.98. The number of carboxylic acids is 1. The molecule has 1 aliphatic heterocycles. The third-order valence-electron chi connectivity index (χ3n) is 3.43. The lowest BCUT2D eigenvalue weighted by molar-refractivity contribution is -0.138. The topological polar surface area (TPSA) is 57.6 Å².